The van der Waals surface area contributed by atoms with E-state index in [2.05, 4.69) is 54.6 Å². The minimum Gasteiger partial charge on any atom is -0.493 e. The number of piperidine rings is 1. The molecule has 4 aromatic carbocycles. The molecule has 1 fully saturated rings. The number of esters is 1. The fourth-order valence-corrected chi connectivity index (χ4v) is 8.97. The van der Waals surface area contributed by atoms with Crippen LogP contribution in [0.4, 0.5) is 22.0 Å². The van der Waals surface area contributed by atoms with Gasteiger partial charge in [-0.25, -0.2) is 24.1 Å². The Labute approximate surface area is 385 Å². The standard InChI is InChI=1S/C51H45N8O8/c1-5-6-46(60)58-20-17-31(2)42(27-58)56(3)48-38-19-22-59(49(38)53-29-52-48)51(62)64-28-32-7-12-36(13-8-32)54-55-37-14-9-33(10-15-37)50(61)67-47-40-26-57-21-18-35-24-44-45(66-30-65-44)25-39(35)41(57)23-34(40)11-16-43(47)63-4/h1,7-16,19,22-26,29,31,42H,6,17-18,20-21,27-28,30H2,2-4H3/q+1/t31-,42+/m1/s1. The van der Waals surface area contributed by atoms with E-state index in [9.17, 15) is 14.4 Å². The Hall–Kier alpha value is -8.32. The molecule has 336 valence electrons. The van der Waals surface area contributed by atoms with Crippen LogP contribution in [-0.4, -0.2) is 77.5 Å². The van der Waals surface area contributed by atoms with Crippen LogP contribution in [0.5, 0.6) is 23.0 Å². The molecule has 16 nitrogen and oxygen atoms in total. The normalized spacial score (nSPS) is 16.1. The molecule has 0 spiro atoms. The molecule has 0 aliphatic carbocycles. The number of terminal acetylenes is 1. The maximum Gasteiger partial charge on any atom is 0.420 e. The number of carbonyl (C=O) groups is 3. The van der Waals surface area contributed by atoms with Crippen molar-refractivity contribution >= 4 is 57.0 Å². The van der Waals surface area contributed by atoms with E-state index < -0.39 is 12.1 Å². The fourth-order valence-electron chi connectivity index (χ4n) is 8.97. The molecule has 3 aliphatic rings. The van der Waals surface area contributed by atoms with Gasteiger partial charge < -0.3 is 33.5 Å². The number of rotatable bonds is 10. The predicted molar refractivity (Wildman–Crippen MR) is 247 cm³/mol. The van der Waals surface area contributed by atoms with Gasteiger partial charge in [0.2, 0.25) is 18.4 Å². The first kappa shape index (κ1) is 42.6. The number of carbonyl (C=O) groups excluding carboxylic acids is 3. The van der Waals surface area contributed by atoms with Crippen molar-refractivity contribution < 1.29 is 42.6 Å². The third kappa shape index (κ3) is 8.31. The molecule has 1 saturated heterocycles. The van der Waals surface area contributed by atoms with E-state index in [-0.39, 0.29) is 31.8 Å². The number of methoxy groups -OCH3 is 1. The van der Waals surface area contributed by atoms with Gasteiger partial charge in [-0.2, -0.15) is 14.8 Å². The first-order chi connectivity index (χ1) is 32.6. The smallest absolute Gasteiger partial charge is 0.420 e. The highest BCUT2D eigenvalue weighted by Gasteiger charge is 2.33. The number of hydrogen-bond donors (Lipinski definition) is 0. The average Bonchev–Trinajstić information content (AvgIpc) is 4.02. The van der Waals surface area contributed by atoms with E-state index in [0.29, 0.717) is 64.3 Å². The van der Waals surface area contributed by atoms with E-state index in [1.54, 1.807) is 74.0 Å². The summed E-state index contributed by atoms with van der Waals surface area (Å²) in [5.74, 6) is 5.06. The van der Waals surface area contributed by atoms with E-state index in [1.807, 2.05) is 30.3 Å². The van der Waals surface area contributed by atoms with Crippen LogP contribution in [0.2, 0.25) is 0 Å². The summed E-state index contributed by atoms with van der Waals surface area (Å²) in [5.41, 5.74) is 5.91. The quantitative estimate of drug-likeness (QED) is 0.0426. The van der Waals surface area contributed by atoms with Gasteiger partial charge >= 0.3 is 12.1 Å². The third-order valence-electron chi connectivity index (χ3n) is 12.7. The molecule has 6 heterocycles. The number of nitrogens with zero attached hydrogens (tertiary/aromatic N) is 8. The van der Waals surface area contributed by atoms with Gasteiger partial charge in [-0.3, -0.25) is 4.79 Å². The molecule has 10 rings (SSSR count). The van der Waals surface area contributed by atoms with Crippen molar-refractivity contribution in [3.8, 4) is 46.6 Å². The van der Waals surface area contributed by atoms with Crippen LogP contribution in [0, 0.1) is 18.3 Å². The number of hydrogen-bond acceptors (Lipinski definition) is 13. The third-order valence-corrected chi connectivity index (χ3v) is 12.7. The number of likely N-dealkylation sites (tertiary alicyclic amines) is 1. The second-order valence-corrected chi connectivity index (χ2v) is 16.7. The lowest BCUT2D eigenvalue weighted by molar-refractivity contribution is -0.686. The van der Waals surface area contributed by atoms with Gasteiger partial charge in [0, 0.05) is 38.8 Å². The number of benzene rings is 4. The SMILES string of the molecule is C#CCC(=O)N1CC[C@@H](C)[C@@H](N(C)c2ncnc3c2ccn3C(=O)OCc2ccc(N=Nc3ccc(C(=O)Oc4c(OC)ccc5cc6[n+](cc45)CCc4cc5c(cc4-6)OCO5)cc3)cc2)C1. The molecule has 3 aliphatic heterocycles. The van der Waals surface area contributed by atoms with Crippen LogP contribution in [0.3, 0.4) is 0 Å². The van der Waals surface area contributed by atoms with Crippen LogP contribution >= 0.6 is 0 Å². The largest absolute Gasteiger partial charge is 0.493 e. The lowest BCUT2D eigenvalue weighted by Crippen LogP contribution is -2.52. The van der Waals surface area contributed by atoms with Gasteiger partial charge in [0.1, 0.15) is 18.8 Å². The number of pyridine rings is 1. The average molecular weight is 898 g/mol. The zero-order valence-electron chi connectivity index (χ0n) is 37.0. The van der Waals surface area contributed by atoms with Crippen molar-refractivity contribution in [2.24, 2.45) is 16.1 Å². The van der Waals surface area contributed by atoms with E-state index in [4.69, 9.17) is 30.1 Å². The van der Waals surface area contributed by atoms with Crippen molar-refractivity contribution in [1.82, 2.24) is 19.4 Å². The molecule has 0 saturated carbocycles. The Morgan fingerprint density at radius 2 is 1.72 bits per heavy atom. The first-order valence-corrected chi connectivity index (χ1v) is 21.9. The van der Waals surface area contributed by atoms with Gasteiger partial charge in [0.05, 0.1) is 52.8 Å². The minimum absolute atomic E-state index is 0.00346. The molecule has 0 unspecified atom stereocenters. The number of amides is 1. The molecule has 1 amide bonds. The summed E-state index contributed by atoms with van der Waals surface area (Å²) in [6.45, 7) is 4.31. The van der Waals surface area contributed by atoms with Crippen molar-refractivity contribution in [3.63, 3.8) is 0 Å². The van der Waals surface area contributed by atoms with Crippen LogP contribution in [0.25, 0.3) is 33.1 Å². The van der Waals surface area contributed by atoms with Crippen molar-refractivity contribution in [2.75, 3.05) is 38.9 Å². The number of anilines is 1. The van der Waals surface area contributed by atoms with E-state index in [1.165, 1.54) is 16.5 Å². The Morgan fingerprint density at radius 3 is 2.48 bits per heavy atom. The molecule has 7 aromatic rings. The molecule has 0 radical (unpaired) electrons. The summed E-state index contributed by atoms with van der Waals surface area (Å²) in [6, 6.07) is 25.5. The van der Waals surface area contributed by atoms with Gasteiger partial charge in [-0.05, 0) is 95.6 Å². The maximum absolute atomic E-state index is 13.6. The van der Waals surface area contributed by atoms with Crippen molar-refractivity contribution in [3.05, 3.63) is 120 Å². The summed E-state index contributed by atoms with van der Waals surface area (Å²) in [5, 5.41) is 11.0. The highest BCUT2D eigenvalue weighted by atomic mass is 16.7. The van der Waals surface area contributed by atoms with Gasteiger partial charge in [0.25, 0.3) is 0 Å². The molecule has 67 heavy (non-hydrogen) atoms. The maximum atomic E-state index is 13.6. The number of azo groups is 1. The predicted octanol–water partition coefficient (Wildman–Crippen LogP) is 8.35. The van der Waals surface area contributed by atoms with E-state index >= 15 is 0 Å². The Balaban J connectivity index is 0.764. The Kier molecular flexibility index (Phi) is 11.4. The molecule has 0 bridgehead atoms. The van der Waals surface area contributed by atoms with Gasteiger partial charge in [-0.15, -0.1) is 6.42 Å². The molecule has 16 heteroatoms. The fraction of sp³-hybridized carbons (Fsp3) is 0.255. The number of fused-ring (bicyclic) bond motifs is 6. The van der Waals surface area contributed by atoms with E-state index in [0.717, 1.165) is 58.5 Å². The van der Waals surface area contributed by atoms with Gasteiger partial charge in [-0.1, -0.05) is 25.0 Å². The second-order valence-electron chi connectivity index (χ2n) is 16.7. The summed E-state index contributed by atoms with van der Waals surface area (Å²) in [4.78, 5) is 52.3. The number of aryl methyl sites for hydroxylation is 2. The zero-order valence-corrected chi connectivity index (χ0v) is 37.0. The highest BCUT2D eigenvalue weighted by Crippen LogP contribution is 2.42. The van der Waals surface area contributed by atoms with Crippen LogP contribution in [0.1, 0.15) is 41.3 Å². The van der Waals surface area contributed by atoms with Crippen LogP contribution in [-0.2, 0) is 29.1 Å². The number of likely N-dealkylation sites (N-methyl/N-ethyl adjacent to an activating group) is 1. The number of aromatic nitrogens is 4. The number of ether oxygens (including phenoxy) is 5. The summed E-state index contributed by atoms with van der Waals surface area (Å²) in [6.07, 6.45) is 11.6. The monoisotopic (exact) mass is 897 g/mol. The highest BCUT2D eigenvalue weighted by molar-refractivity contribution is 5.98. The molecule has 2 atom stereocenters. The zero-order chi connectivity index (χ0) is 46.2. The topological polar surface area (TPSA) is 163 Å². The second kappa shape index (κ2) is 17.9. The minimum atomic E-state index is -0.592. The van der Waals surface area contributed by atoms with Crippen molar-refractivity contribution in [1.29, 1.82) is 0 Å². The lowest BCUT2D eigenvalue weighted by Gasteiger charge is -2.42. The molecule has 3 aromatic heterocycles. The van der Waals surface area contributed by atoms with Gasteiger partial charge in [0.15, 0.2) is 41.4 Å². The van der Waals surface area contributed by atoms with Crippen molar-refractivity contribution in [2.45, 2.75) is 45.4 Å². The Morgan fingerprint density at radius 1 is 0.955 bits per heavy atom. The Bertz CT molecular complexity index is 3160. The molecule has 0 N–H and O–H groups in total. The summed E-state index contributed by atoms with van der Waals surface area (Å²) >= 11 is 0. The molecular weight excluding hydrogens is 853 g/mol. The summed E-state index contributed by atoms with van der Waals surface area (Å²) < 4.78 is 32.2. The van der Waals surface area contributed by atoms with Crippen LogP contribution in [0.15, 0.2) is 114 Å². The summed E-state index contributed by atoms with van der Waals surface area (Å²) in [7, 11) is 3.49. The molecular formula is C51H45N8O8+. The first-order valence-electron chi connectivity index (χ1n) is 21.9. The van der Waals surface area contributed by atoms with Crippen LogP contribution < -0.4 is 28.4 Å². The lowest BCUT2D eigenvalue weighted by atomic mass is 9.92.